The summed E-state index contributed by atoms with van der Waals surface area (Å²) in [6.07, 6.45) is 1.53. The van der Waals surface area contributed by atoms with Crippen LogP contribution in [0.2, 0.25) is 0 Å². The summed E-state index contributed by atoms with van der Waals surface area (Å²) in [7, 11) is -2.70. The van der Waals surface area contributed by atoms with Gasteiger partial charge < -0.3 is 4.74 Å². The van der Waals surface area contributed by atoms with E-state index >= 15 is 0 Å². The highest BCUT2D eigenvalue weighted by molar-refractivity contribution is 7.93. The van der Waals surface area contributed by atoms with Crippen LogP contribution in [0.25, 0.3) is 10.9 Å². The Hall–Kier alpha value is -2.39. The van der Waals surface area contributed by atoms with E-state index in [0.717, 1.165) is 11.3 Å². The van der Waals surface area contributed by atoms with Gasteiger partial charge in [-0.3, -0.25) is 9.82 Å². The molecule has 0 saturated carbocycles. The summed E-state index contributed by atoms with van der Waals surface area (Å²) in [5.41, 5.74) is 1.09. The maximum atomic E-state index is 12.5. The molecule has 9 heteroatoms. The Balaban J connectivity index is 2.03. The van der Waals surface area contributed by atoms with Crippen LogP contribution in [0.1, 0.15) is 9.67 Å². The van der Waals surface area contributed by atoms with Crippen molar-refractivity contribution in [2.24, 2.45) is 0 Å². The topological polar surface area (TPSA) is 101 Å². The highest BCUT2D eigenvalue weighted by Gasteiger charge is 2.25. The van der Waals surface area contributed by atoms with E-state index in [9.17, 15) is 13.2 Å². The molecule has 7 nitrogen and oxygen atoms in total. The van der Waals surface area contributed by atoms with Crippen molar-refractivity contribution in [1.29, 1.82) is 0 Å². The van der Waals surface area contributed by atoms with E-state index in [1.807, 2.05) is 0 Å². The molecular formula is C13H11N3O4S2. The average molecular weight is 337 g/mol. The van der Waals surface area contributed by atoms with Crippen molar-refractivity contribution in [1.82, 2.24) is 10.2 Å². The summed E-state index contributed by atoms with van der Waals surface area (Å²) in [4.78, 5) is 11.6. The lowest BCUT2D eigenvalue weighted by Crippen LogP contribution is -2.15. The number of hydrogen-bond donors (Lipinski definition) is 2. The number of carbonyl (C=O) groups excluding carboxylic acids is 1. The van der Waals surface area contributed by atoms with Crippen molar-refractivity contribution >= 4 is 43.9 Å². The van der Waals surface area contributed by atoms with Crippen molar-refractivity contribution in [3.05, 3.63) is 40.7 Å². The number of aromatic nitrogens is 2. The predicted octanol–water partition coefficient (Wildman–Crippen LogP) is 2.21. The standard InChI is InChI=1S/C13H11N3O4S2/c1-20-13(17)12-11(5-6-21-12)22(18,19)16-10-4-2-3-9-8(10)7-14-15-9/h2-7,16H,1H3,(H,14,15). The first-order valence-electron chi connectivity index (χ1n) is 6.13. The summed E-state index contributed by atoms with van der Waals surface area (Å²) in [5, 5.41) is 8.81. The van der Waals surface area contributed by atoms with Crippen LogP contribution in [0.15, 0.2) is 40.7 Å². The van der Waals surface area contributed by atoms with E-state index in [4.69, 9.17) is 0 Å². The first kappa shape index (κ1) is 14.5. The van der Waals surface area contributed by atoms with Gasteiger partial charge >= 0.3 is 5.97 Å². The maximum Gasteiger partial charge on any atom is 0.349 e. The van der Waals surface area contributed by atoms with Crippen LogP contribution < -0.4 is 4.72 Å². The minimum absolute atomic E-state index is 0.0365. The number of rotatable bonds is 4. The Bertz CT molecular complexity index is 943. The Labute approximate surface area is 130 Å². The number of benzene rings is 1. The maximum absolute atomic E-state index is 12.5. The lowest BCUT2D eigenvalue weighted by molar-refractivity contribution is 0.0602. The molecule has 22 heavy (non-hydrogen) atoms. The number of methoxy groups -OCH3 is 1. The molecule has 2 aromatic heterocycles. The van der Waals surface area contributed by atoms with E-state index < -0.39 is 16.0 Å². The molecule has 0 saturated heterocycles. The molecule has 114 valence electrons. The highest BCUT2D eigenvalue weighted by Crippen LogP contribution is 2.28. The molecule has 0 amide bonds. The smallest absolute Gasteiger partial charge is 0.349 e. The lowest BCUT2D eigenvalue weighted by Gasteiger charge is -2.09. The fourth-order valence-corrected chi connectivity index (χ4v) is 4.42. The van der Waals surface area contributed by atoms with Gasteiger partial charge in [0.2, 0.25) is 0 Å². The summed E-state index contributed by atoms with van der Waals surface area (Å²) < 4.78 is 32.1. The van der Waals surface area contributed by atoms with Gasteiger partial charge in [-0.2, -0.15) is 5.10 Å². The van der Waals surface area contributed by atoms with E-state index in [1.54, 1.807) is 18.2 Å². The molecule has 3 rings (SSSR count). The Kier molecular flexibility index (Phi) is 3.59. The van der Waals surface area contributed by atoms with Crippen LogP contribution in [0.5, 0.6) is 0 Å². The largest absolute Gasteiger partial charge is 0.465 e. The van der Waals surface area contributed by atoms with Gasteiger partial charge in [0.15, 0.2) is 0 Å². The molecule has 0 bridgehead atoms. The third-order valence-electron chi connectivity index (χ3n) is 3.02. The second-order valence-corrected chi connectivity index (χ2v) is 6.91. The molecule has 0 aliphatic heterocycles. The quantitative estimate of drug-likeness (QED) is 0.711. The molecule has 2 N–H and O–H groups in total. The summed E-state index contributed by atoms with van der Waals surface area (Å²) in [6, 6.07) is 6.48. The molecule has 0 aliphatic carbocycles. The average Bonchev–Trinajstić information content (AvgIpc) is 3.15. The number of fused-ring (bicyclic) bond motifs is 1. The van der Waals surface area contributed by atoms with Crippen molar-refractivity contribution in [3.8, 4) is 0 Å². The molecule has 0 spiro atoms. The molecule has 0 fully saturated rings. The van der Waals surface area contributed by atoms with Gasteiger partial charge in [0.05, 0.1) is 24.5 Å². The molecule has 0 radical (unpaired) electrons. The minimum atomic E-state index is -3.91. The van der Waals surface area contributed by atoms with Gasteiger partial charge in [-0.15, -0.1) is 11.3 Å². The highest BCUT2D eigenvalue weighted by atomic mass is 32.2. The number of carbonyl (C=O) groups is 1. The fraction of sp³-hybridized carbons (Fsp3) is 0.0769. The van der Waals surface area contributed by atoms with E-state index in [1.165, 1.54) is 24.8 Å². The Morgan fingerprint density at radius 1 is 1.36 bits per heavy atom. The number of H-pyrrole nitrogens is 1. The van der Waals surface area contributed by atoms with Crippen LogP contribution in [0.4, 0.5) is 5.69 Å². The van der Waals surface area contributed by atoms with Crippen molar-refractivity contribution in [2.45, 2.75) is 4.90 Å². The molecule has 0 unspecified atom stereocenters. The number of nitrogens with zero attached hydrogens (tertiary/aromatic N) is 1. The third-order valence-corrected chi connectivity index (χ3v) is 5.45. The number of aromatic amines is 1. The molecule has 3 aromatic rings. The van der Waals surface area contributed by atoms with Crippen molar-refractivity contribution in [3.63, 3.8) is 0 Å². The number of sulfonamides is 1. The summed E-state index contributed by atoms with van der Waals surface area (Å²) in [6.45, 7) is 0. The zero-order valence-corrected chi connectivity index (χ0v) is 13.0. The Morgan fingerprint density at radius 3 is 2.95 bits per heavy atom. The second-order valence-electron chi connectivity index (χ2n) is 4.35. The first-order chi connectivity index (χ1) is 10.5. The van der Waals surface area contributed by atoms with Gasteiger partial charge in [0.25, 0.3) is 10.0 Å². The normalized spacial score (nSPS) is 11.5. The monoisotopic (exact) mass is 337 g/mol. The first-order valence-corrected chi connectivity index (χ1v) is 8.50. The van der Waals surface area contributed by atoms with Crippen LogP contribution in [-0.4, -0.2) is 31.7 Å². The number of hydrogen-bond acceptors (Lipinski definition) is 6. The second kappa shape index (κ2) is 5.43. The molecule has 0 atom stereocenters. The minimum Gasteiger partial charge on any atom is -0.465 e. The van der Waals surface area contributed by atoms with Crippen LogP contribution >= 0.6 is 11.3 Å². The number of anilines is 1. The molecule has 2 heterocycles. The zero-order valence-electron chi connectivity index (χ0n) is 11.4. The van der Waals surface area contributed by atoms with Crippen LogP contribution in [0.3, 0.4) is 0 Å². The van der Waals surface area contributed by atoms with Crippen molar-refractivity contribution < 1.29 is 17.9 Å². The molecule has 0 aliphatic rings. The van der Waals surface area contributed by atoms with Gasteiger partial charge in [-0.25, -0.2) is 13.2 Å². The van der Waals surface area contributed by atoms with E-state index in [0.29, 0.717) is 16.6 Å². The number of thiophene rings is 1. The molecular weight excluding hydrogens is 326 g/mol. The lowest BCUT2D eigenvalue weighted by atomic mass is 10.2. The summed E-state index contributed by atoms with van der Waals surface area (Å²) >= 11 is 1.01. The van der Waals surface area contributed by atoms with E-state index in [-0.39, 0.29) is 9.77 Å². The fourth-order valence-electron chi connectivity index (χ4n) is 2.01. The number of ether oxygens (including phenoxy) is 1. The van der Waals surface area contributed by atoms with Crippen LogP contribution in [-0.2, 0) is 14.8 Å². The van der Waals surface area contributed by atoms with Gasteiger partial charge in [0.1, 0.15) is 9.77 Å². The van der Waals surface area contributed by atoms with Crippen LogP contribution in [0, 0.1) is 0 Å². The molecule has 1 aromatic carbocycles. The Morgan fingerprint density at radius 2 is 2.18 bits per heavy atom. The van der Waals surface area contributed by atoms with Crippen molar-refractivity contribution in [2.75, 3.05) is 11.8 Å². The van der Waals surface area contributed by atoms with Gasteiger partial charge in [-0.1, -0.05) is 6.07 Å². The zero-order chi connectivity index (χ0) is 15.7. The summed E-state index contributed by atoms with van der Waals surface area (Å²) in [5.74, 6) is -0.683. The number of nitrogens with one attached hydrogen (secondary N) is 2. The number of esters is 1. The third kappa shape index (κ3) is 2.44. The van der Waals surface area contributed by atoms with Gasteiger partial charge in [-0.05, 0) is 23.6 Å². The van der Waals surface area contributed by atoms with E-state index in [2.05, 4.69) is 19.7 Å². The SMILES string of the molecule is COC(=O)c1sccc1S(=O)(=O)Nc1cccc2[nH]ncc12. The van der Waals surface area contributed by atoms with Gasteiger partial charge in [0, 0.05) is 5.39 Å². The predicted molar refractivity (Wildman–Crippen MR) is 82.6 cm³/mol.